The first-order chi connectivity index (χ1) is 6.49. The van der Waals surface area contributed by atoms with Gasteiger partial charge < -0.3 is 4.74 Å². The zero-order valence-electron chi connectivity index (χ0n) is 8.57. The van der Waals surface area contributed by atoms with Crippen LogP contribution in [0.3, 0.4) is 0 Å². The first kappa shape index (κ1) is 10.5. The van der Waals surface area contributed by atoms with Crippen LogP contribution in [-0.2, 0) is 9.53 Å². The number of nitrogens with zero attached hydrogens (tertiary/aromatic N) is 1. The van der Waals surface area contributed by atoms with E-state index in [1.165, 1.54) is 6.21 Å². The molecule has 4 nitrogen and oxygen atoms in total. The third-order valence-corrected chi connectivity index (χ3v) is 1.38. The molecule has 0 aromatic heterocycles. The summed E-state index contributed by atoms with van der Waals surface area (Å²) in [5.41, 5.74) is 2.63. The van der Waals surface area contributed by atoms with Gasteiger partial charge in [-0.3, -0.25) is 5.43 Å². The molecule has 14 heavy (non-hydrogen) atoms. The largest absolute Gasteiger partial charge is 0.456 e. The molecule has 0 aliphatic carbocycles. The Morgan fingerprint density at radius 3 is 2.86 bits per heavy atom. The molecular formula is C10H14N2O2. The van der Waals surface area contributed by atoms with E-state index in [4.69, 9.17) is 4.74 Å². The van der Waals surface area contributed by atoms with Crippen molar-refractivity contribution in [2.24, 2.45) is 5.10 Å². The van der Waals surface area contributed by atoms with Crippen molar-refractivity contribution in [3.05, 3.63) is 23.9 Å². The molecule has 0 aromatic carbocycles. The van der Waals surface area contributed by atoms with Gasteiger partial charge in [-0.05, 0) is 32.9 Å². The lowest BCUT2D eigenvalue weighted by Crippen LogP contribution is -2.24. The van der Waals surface area contributed by atoms with E-state index >= 15 is 0 Å². The summed E-state index contributed by atoms with van der Waals surface area (Å²) in [4.78, 5) is 11.5. The van der Waals surface area contributed by atoms with Crippen LogP contribution >= 0.6 is 0 Å². The molecule has 0 saturated heterocycles. The number of carbonyl (C=O) groups excluding carboxylic acids is 1. The number of rotatable bonds is 1. The van der Waals surface area contributed by atoms with E-state index in [2.05, 4.69) is 10.5 Å². The van der Waals surface area contributed by atoms with Crippen molar-refractivity contribution in [2.45, 2.75) is 26.4 Å². The first-order valence-corrected chi connectivity index (χ1v) is 4.38. The van der Waals surface area contributed by atoms with E-state index in [1.54, 1.807) is 18.4 Å². The maximum atomic E-state index is 11.5. The molecule has 1 aliphatic rings. The zero-order valence-corrected chi connectivity index (χ0v) is 8.57. The van der Waals surface area contributed by atoms with Gasteiger partial charge in [0.2, 0.25) is 0 Å². The number of hydrogen-bond acceptors (Lipinski definition) is 4. The minimum Gasteiger partial charge on any atom is -0.456 e. The van der Waals surface area contributed by atoms with E-state index in [-0.39, 0.29) is 5.97 Å². The minimum atomic E-state index is -0.470. The molecule has 4 heteroatoms. The minimum absolute atomic E-state index is 0.344. The molecule has 0 unspecified atom stereocenters. The van der Waals surface area contributed by atoms with Crippen LogP contribution in [0.25, 0.3) is 0 Å². The molecule has 1 N–H and O–H groups in total. The van der Waals surface area contributed by atoms with Gasteiger partial charge in [0, 0.05) is 12.4 Å². The summed E-state index contributed by atoms with van der Waals surface area (Å²) in [5, 5.41) is 3.75. The predicted molar refractivity (Wildman–Crippen MR) is 54.7 cm³/mol. The Hall–Kier alpha value is -1.58. The van der Waals surface area contributed by atoms with Crippen LogP contribution in [-0.4, -0.2) is 17.8 Å². The highest BCUT2D eigenvalue weighted by molar-refractivity contribution is 5.96. The molecule has 0 atom stereocenters. The molecule has 1 rings (SSSR count). The molecular weight excluding hydrogens is 180 g/mol. The van der Waals surface area contributed by atoms with Crippen molar-refractivity contribution in [1.29, 1.82) is 0 Å². The molecule has 0 fully saturated rings. The summed E-state index contributed by atoms with van der Waals surface area (Å²) in [6.07, 6.45) is 6.32. The number of nitrogens with one attached hydrogen (secondary N) is 1. The molecule has 0 amide bonds. The Kier molecular flexibility index (Phi) is 3.06. The molecule has 0 saturated carbocycles. The lowest BCUT2D eigenvalue weighted by atomic mass is 10.2. The van der Waals surface area contributed by atoms with Gasteiger partial charge in [-0.25, -0.2) is 4.79 Å². The SMILES string of the molecule is CC(C)(C)OC(=O)C1=CC=NNC=C1. The van der Waals surface area contributed by atoms with Crippen LogP contribution < -0.4 is 5.43 Å². The maximum absolute atomic E-state index is 11.5. The number of esters is 1. The van der Waals surface area contributed by atoms with Crippen molar-refractivity contribution in [1.82, 2.24) is 5.43 Å². The Morgan fingerprint density at radius 2 is 2.21 bits per heavy atom. The number of hydrazone groups is 1. The first-order valence-electron chi connectivity index (χ1n) is 4.38. The van der Waals surface area contributed by atoms with Crippen molar-refractivity contribution >= 4 is 12.2 Å². The van der Waals surface area contributed by atoms with Crippen molar-refractivity contribution < 1.29 is 9.53 Å². The van der Waals surface area contributed by atoms with E-state index in [1.807, 2.05) is 20.8 Å². The van der Waals surface area contributed by atoms with Crippen molar-refractivity contribution in [3.63, 3.8) is 0 Å². The number of allylic oxidation sites excluding steroid dienone is 1. The smallest absolute Gasteiger partial charge is 0.338 e. The zero-order chi connectivity index (χ0) is 10.6. The average Bonchev–Trinajstić information content (AvgIpc) is 2.27. The summed E-state index contributed by atoms with van der Waals surface area (Å²) < 4.78 is 5.18. The highest BCUT2D eigenvalue weighted by atomic mass is 16.6. The Bertz CT molecular complexity index is 309. The van der Waals surface area contributed by atoms with Crippen LogP contribution in [0.4, 0.5) is 0 Å². The normalized spacial score (nSPS) is 15.5. The molecule has 1 heterocycles. The maximum Gasteiger partial charge on any atom is 0.338 e. The van der Waals surface area contributed by atoms with Gasteiger partial charge in [-0.1, -0.05) is 0 Å². The van der Waals surface area contributed by atoms with Crippen LogP contribution in [0.2, 0.25) is 0 Å². The third kappa shape index (κ3) is 3.43. The van der Waals surface area contributed by atoms with Gasteiger partial charge in [-0.15, -0.1) is 0 Å². The number of hydrogen-bond donors (Lipinski definition) is 1. The van der Waals surface area contributed by atoms with Gasteiger partial charge in [0.05, 0.1) is 5.57 Å². The monoisotopic (exact) mass is 194 g/mol. The summed E-state index contributed by atoms with van der Waals surface area (Å²) in [5.74, 6) is -0.344. The van der Waals surface area contributed by atoms with Crippen molar-refractivity contribution in [2.75, 3.05) is 0 Å². The van der Waals surface area contributed by atoms with E-state index in [0.29, 0.717) is 5.57 Å². The summed E-state index contributed by atoms with van der Waals surface area (Å²) in [6, 6.07) is 0. The fourth-order valence-electron chi connectivity index (χ4n) is 0.859. The second-order valence-corrected chi connectivity index (χ2v) is 3.86. The standard InChI is InChI=1S/C10H14N2O2/c1-10(2,3)14-9(13)8-4-6-11-12-7-5-8/h4-7,11H,1-3H3. The Balaban J connectivity index is 2.69. The molecule has 1 aliphatic heterocycles. The lowest BCUT2D eigenvalue weighted by molar-refractivity contribution is -0.149. The van der Waals surface area contributed by atoms with E-state index in [9.17, 15) is 4.79 Å². The van der Waals surface area contributed by atoms with E-state index < -0.39 is 5.60 Å². The Labute approximate surface area is 83.3 Å². The molecule has 0 spiro atoms. The van der Waals surface area contributed by atoms with Crippen LogP contribution in [0.1, 0.15) is 20.8 Å². The second kappa shape index (κ2) is 4.09. The lowest BCUT2D eigenvalue weighted by Gasteiger charge is -2.19. The van der Waals surface area contributed by atoms with Crippen LogP contribution in [0.5, 0.6) is 0 Å². The topological polar surface area (TPSA) is 50.7 Å². The predicted octanol–water partition coefficient (Wildman–Crippen LogP) is 1.36. The van der Waals surface area contributed by atoms with Gasteiger partial charge in [-0.2, -0.15) is 5.10 Å². The van der Waals surface area contributed by atoms with E-state index in [0.717, 1.165) is 0 Å². The molecule has 0 radical (unpaired) electrons. The van der Waals surface area contributed by atoms with Gasteiger partial charge in [0.25, 0.3) is 0 Å². The highest BCUT2D eigenvalue weighted by Crippen LogP contribution is 2.11. The molecule has 0 bridgehead atoms. The Morgan fingerprint density at radius 1 is 1.50 bits per heavy atom. The van der Waals surface area contributed by atoms with Crippen LogP contribution in [0.15, 0.2) is 29.0 Å². The number of carbonyl (C=O) groups is 1. The summed E-state index contributed by atoms with van der Waals surface area (Å²) in [6.45, 7) is 5.49. The molecule has 76 valence electrons. The van der Waals surface area contributed by atoms with Gasteiger partial charge in [0.15, 0.2) is 0 Å². The third-order valence-electron chi connectivity index (χ3n) is 1.38. The highest BCUT2D eigenvalue weighted by Gasteiger charge is 2.18. The fraction of sp³-hybridized carbons (Fsp3) is 0.400. The average molecular weight is 194 g/mol. The quantitative estimate of drug-likeness (QED) is 0.641. The van der Waals surface area contributed by atoms with Gasteiger partial charge in [0.1, 0.15) is 5.60 Å². The fourth-order valence-corrected chi connectivity index (χ4v) is 0.859. The van der Waals surface area contributed by atoms with Crippen LogP contribution in [0, 0.1) is 0 Å². The van der Waals surface area contributed by atoms with Crippen molar-refractivity contribution in [3.8, 4) is 0 Å². The summed E-state index contributed by atoms with van der Waals surface area (Å²) in [7, 11) is 0. The molecule has 0 aromatic rings. The second-order valence-electron chi connectivity index (χ2n) is 3.86. The summed E-state index contributed by atoms with van der Waals surface area (Å²) >= 11 is 0. The van der Waals surface area contributed by atoms with Gasteiger partial charge >= 0.3 is 5.97 Å². The number of ether oxygens (including phenoxy) is 1.